The molecular weight excluding hydrogens is 444 g/mol. The average Bonchev–Trinajstić information content (AvgIpc) is 3.06. The molecule has 1 heterocycles. The zero-order valence-electron chi connectivity index (χ0n) is 15.9. The predicted octanol–water partition coefficient (Wildman–Crippen LogP) is 3.01. The fourth-order valence-electron chi connectivity index (χ4n) is 3.20. The summed E-state index contributed by atoms with van der Waals surface area (Å²) in [5.41, 5.74) is -1.75. The molecule has 1 aliphatic heterocycles. The molecule has 7 nitrogen and oxygen atoms in total. The third-order valence-electron chi connectivity index (χ3n) is 4.61. The zero-order valence-corrected chi connectivity index (χ0v) is 17.4. The maximum Gasteiger partial charge on any atom is 0.339 e. The van der Waals surface area contributed by atoms with Gasteiger partial charge in [0.25, 0.3) is 0 Å². The van der Waals surface area contributed by atoms with Crippen LogP contribution in [-0.2, 0) is 34.0 Å². The van der Waals surface area contributed by atoms with Gasteiger partial charge in [0.15, 0.2) is 5.76 Å². The summed E-state index contributed by atoms with van der Waals surface area (Å²) in [7, 11) is 3.78. The normalized spacial score (nSPS) is 18.3. The number of methoxy groups -OCH3 is 3. The zero-order chi connectivity index (χ0) is 21.2. The number of carbonyl (C=O) groups excluding carboxylic acids is 3. The van der Waals surface area contributed by atoms with Crippen molar-refractivity contribution < 1.29 is 33.3 Å². The number of hydrogen-bond acceptors (Lipinski definition) is 7. The van der Waals surface area contributed by atoms with E-state index in [0.717, 1.165) is 18.7 Å². The minimum atomic E-state index is -2.13. The number of halogens is 1. The van der Waals surface area contributed by atoms with Crippen molar-refractivity contribution in [2.75, 3.05) is 21.3 Å². The number of hydrogen-bond donors (Lipinski definition) is 0. The second kappa shape index (κ2) is 8.08. The molecule has 0 saturated heterocycles. The first-order valence-electron chi connectivity index (χ1n) is 8.44. The highest BCUT2D eigenvalue weighted by molar-refractivity contribution is 9.10. The Morgan fingerprint density at radius 2 is 1.55 bits per heavy atom. The molecule has 8 heteroatoms. The summed E-state index contributed by atoms with van der Waals surface area (Å²) in [6.45, 7) is 0. The Labute approximate surface area is 175 Å². The van der Waals surface area contributed by atoms with Crippen LogP contribution in [0.3, 0.4) is 0 Å². The summed E-state index contributed by atoms with van der Waals surface area (Å²) in [6, 6.07) is 12.9. The average molecular weight is 461 g/mol. The molecule has 1 aliphatic rings. The van der Waals surface area contributed by atoms with Gasteiger partial charge in [0.1, 0.15) is 11.3 Å². The molecule has 0 aliphatic carbocycles. The molecule has 3 rings (SSSR count). The molecule has 29 heavy (non-hydrogen) atoms. The first-order valence-corrected chi connectivity index (χ1v) is 9.23. The molecule has 0 amide bonds. The minimum Gasteiger partial charge on any atom is -0.497 e. The maximum atomic E-state index is 13.1. The summed E-state index contributed by atoms with van der Waals surface area (Å²) < 4.78 is 21.2. The van der Waals surface area contributed by atoms with E-state index in [1.807, 2.05) is 0 Å². The molecule has 0 radical (unpaired) electrons. The van der Waals surface area contributed by atoms with E-state index in [1.54, 1.807) is 36.4 Å². The monoisotopic (exact) mass is 460 g/mol. The number of esters is 3. The van der Waals surface area contributed by atoms with Crippen molar-refractivity contribution in [3.05, 3.63) is 69.7 Å². The van der Waals surface area contributed by atoms with Crippen LogP contribution in [0.25, 0.3) is 5.76 Å². The SMILES string of the molecule is COC(=O)C1=C(c2ccc(Br)cc2)OC(=O)C1(C(=O)OC)c1ccc(OC)cc1. The van der Waals surface area contributed by atoms with Crippen LogP contribution < -0.4 is 4.74 Å². The molecule has 0 spiro atoms. The van der Waals surface area contributed by atoms with Gasteiger partial charge in [-0.3, -0.25) is 4.79 Å². The van der Waals surface area contributed by atoms with E-state index in [1.165, 1.54) is 19.2 Å². The van der Waals surface area contributed by atoms with Gasteiger partial charge < -0.3 is 18.9 Å². The number of carbonyl (C=O) groups is 3. The van der Waals surface area contributed by atoms with Crippen LogP contribution >= 0.6 is 15.9 Å². The van der Waals surface area contributed by atoms with E-state index in [4.69, 9.17) is 18.9 Å². The number of ether oxygens (including phenoxy) is 4. The van der Waals surface area contributed by atoms with E-state index >= 15 is 0 Å². The molecule has 1 atom stereocenters. The minimum absolute atomic E-state index is 0.0597. The van der Waals surface area contributed by atoms with Crippen LogP contribution in [0, 0.1) is 0 Å². The van der Waals surface area contributed by atoms with Gasteiger partial charge in [-0.25, -0.2) is 9.59 Å². The third-order valence-corrected chi connectivity index (χ3v) is 5.14. The van der Waals surface area contributed by atoms with Gasteiger partial charge in [-0.05, 0) is 29.8 Å². The smallest absolute Gasteiger partial charge is 0.339 e. The van der Waals surface area contributed by atoms with Crippen molar-refractivity contribution in [2.24, 2.45) is 0 Å². The lowest BCUT2D eigenvalue weighted by atomic mass is 9.74. The fraction of sp³-hybridized carbons (Fsp3) is 0.190. The van der Waals surface area contributed by atoms with E-state index in [9.17, 15) is 14.4 Å². The van der Waals surface area contributed by atoms with Gasteiger partial charge in [0, 0.05) is 10.0 Å². The molecule has 2 aromatic rings. The van der Waals surface area contributed by atoms with Crippen LogP contribution in [0.15, 0.2) is 58.6 Å². The summed E-state index contributed by atoms with van der Waals surface area (Å²) in [5.74, 6) is -2.34. The molecule has 0 N–H and O–H groups in total. The van der Waals surface area contributed by atoms with Crippen LogP contribution in [-0.4, -0.2) is 39.2 Å². The van der Waals surface area contributed by atoms with Gasteiger partial charge in [-0.15, -0.1) is 0 Å². The molecule has 2 aromatic carbocycles. The summed E-state index contributed by atoms with van der Waals surface area (Å²) in [4.78, 5) is 38.9. The maximum absolute atomic E-state index is 13.1. The van der Waals surface area contributed by atoms with Crippen molar-refractivity contribution in [2.45, 2.75) is 5.41 Å². The summed E-state index contributed by atoms with van der Waals surface area (Å²) >= 11 is 3.33. The highest BCUT2D eigenvalue weighted by Crippen LogP contribution is 2.46. The summed E-state index contributed by atoms with van der Waals surface area (Å²) in [6.07, 6.45) is 0. The Balaban J connectivity index is 2.34. The Kier molecular flexibility index (Phi) is 5.74. The van der Waals surface area contributed by atoms with Crippen LogP contribution in [0.4, 0.5) is 0 Å². The molecular formula is C21H17BrO7. The number of rotatable bonds is 5. The molecule has 150 valence electrons. The van der Waals surface area contributed by atoms with Crippen molar-refractivity contribution in [3.63, 3.8) is 0 Å². The Bertz CT molecular complexity index is 993. The Morgan fingerprint density at radius 3 is 2.07 bits per heavy atom. The van der Waals surface area contributed by atoms with Gasteiger partial charge in [-0.1, -0.05) is 40.2 Å². The quantitative estimate of drug-likeness (QED) is 0.384. The second-order valence-electron chi connectivity index (χ2n) is 6.06. The van der Waals surface area contributed by atoms with E-state index in [0.29, 0.717) is 11.3 Å². The lowest BCUT2D eigenvalue weighted by Gasteiger charge is -2.24. The highest BCUT2D eigenvalue weighted by Gasteiger charge is 2.62. The lowest BCUT2D eigenvalue weighted by molar-refractivity contribution is -0.157. The van der Waals surface area contributed by atoms with Crippen LogP contribution in [0.2, 0.25) is 0 Å². The molecule has 0 fully saturated rings. The first kappa shape index (κ1) is 20.6. The fourth-order valence-corrected chi connectivity index (χ4v) is 3.47. The molecule has 0 saturated carbocycles. The van der Waals surface area contributed by atoms with Crippen molar-refractivity contribution in [1.82, 2.24) is 0 Å². The van der Waals surface area contributed by atoms with Gasteiger partial charge in [-0.2, -0.15) is 0 Å². The van der Waals surface area contributed by atoms with Gasteiger partial charge in [0.05, 0.1) is 21.3 Å². The summed E-state index contributed by atoms with van der Waals surface area (Å²) in [5, 5.41) is 0. The number of benzene rings is 2. The van der Waals surface area contributed by atoms with Crippen molar-refractivity contribution >= 4 is 39.6 Å². The first-order chi connectivity index (χ1) is 13.9. The standard InChI is InChI=1S/C21H17BrO7/c1-26-15-10-6-13(7-11-15)21(19(24)28-3)16(18(23)27-2)17(29-20(21)25)12-4-8-14(22)9-5-12/h4-11H,1-3H3. The van der Waals surface area contributed by atoms with E-state index in [-0.39, 0.29) is 16.9 Å². The van der Waals surface area contributed by atoms with Gasteiger partial charge >= 0.3 is 17.9 Å². The van der Waals surface area contributed by atoms with Crippen LogP contribution in [0.5, 0.6) is 5.75 Å². The van der Waals surface area contributed by atoms with E-state index in [2.05, 4.69) is 15.9 Å². The van der Waals surface area contributed by atoms with Crippen molar-refractivity contribution in [1.29, 1.82) is 0 Å². The highest BCUT2D eigenvalue weighted by atomic mass is 79.9. The van der Waals surface area contributed by atoms with Crippen molar-refractivity contribution in [3.8, 4) is 5.75 Å². The Morgan fingerprint density at radius 1 is 0.931 bits per heavy atom. The number of cyclic esters (lactones) is 1. The van der Waals surface area contributed by atoms with E-state index < -0.39 is 23.3 Å². The van der Waals surface area contributed by atoms with Gasteiger partial charge in [0.2, 0.25) is 5.41 Å². The second-order valence-corrected chi connectivity index (χ2v) is 6.98. The largest absolute Gasteiger partial charge is 0.497 e. The predicted molar refractivity (Wildman–Crippen MR) is 106 cm³/mol. The third kappa shape index (κ3) is 3.29. The van der Waals surface area contributed by atoms with Crippen LogP contribution in [0.1, 0.15) is 11.1 Å². The molecule has 1 unspecified atom stereocenters. The Hall–Kier alpha value is -3.13. The lowest BCUT2D eigenvalue weighted by Crippen LogP contribution is -2.46. The molecule has 0 aromatic heterocycles. The topological polar surface area (TPSA) is 88.1 Å². The molecule has 0 bridgehead atoms.